The van der Waals surface area contributed by atoms with Crippen LogP contribution in [-0.2, 0) is 36.6 Å². The van der Waals surface area contributed by atoms with E-state index >= 15 is 0 Å². The van der Waals surface area contributed by atoms with E-state index in [1.165, 1.54) is 5.56 Å². The van der Waals surface area contributed by atoms with Crippen molar-refractivity contribution in [2.24, 2.45) is 35.5 Å². The summed E-state index contributed by atoms with van der Waals surface area (Å²) in [5.41, 5.74) is 3.99. The summed E-state index contributed by atoms with van der Waals surface area (Å²) in [4.78, 5) is 36.2. The van der Waals surface area contributed by atoms with Crippen molar-refractivity contribution in [3.8, 4) is 17.5 Å². The van der Waals surface area contributed by atoms with Crippen molar-refractivity contribution in [3.63, 3.8) is 0 Å². The molecule has 2 N–H and O–H groups in total. The first-order valence-corrected chi connectivity index (χ1v) is 18.1. The number of alkyl carbamates (subject to hydrolysis) is 1. The van der Waals surface area contributed by atoms with Gasteiger partial charge < -0.3 is 29.6 Å². The molecule has 0 saturated heterocycles. The van der Waals surface area contributed by atoms with Crippen LogP contribution < -0.4 is 10.6 Å². The molecule has 11 heteroatoms. The van der Waals surface area contributed by atoms with Crippen LogP contribution in [0.1, 0.15) is 73.0 Å². The Hall–Kier alpha value is -3.88. The smallest absolute Gasteiger partial charge is 0.407 e. The van der Waals surface area contributed by atoms with Gasteiger partial charge in [0, 0.05) is 51.2 Å². The molecule has 2 amide bonds. The summed E-state index contributed by atoms with van der Waals surface area (Å²) in [7, 11) is 1.63. The van der Waals surface area contributed by atoms with E-state index in [-0.39, 0.29) is 18.0 Å². The summed E-state index contributed by atoms with van der Waals surface area (Å²) in [5, 5.41) is 10.3. The van der Waals surface area contributed by atoms with Crippen molar-refractivity contribution in [1.29, 1.82) is 0 Å². The minimum absolute atomic E-state index is 0.101. The zero-order valence-corrected chi connectivity index (χ0v) is 28.6. The zero-order valence-electron chi connectivity index (χ0n) is 28.6. The highest BCUT2D eigenvalue weighted by Crippen LogP contribution is 2.53. The van der Waals surface area contributed by atoms with E-state index < -0.39 is 0 Å². The molecule has 4 aliphatic carbocycles. The molecule has 11 nitrogen and oxygen atoms in total. The van der Waals surface area contributed by atoms with Crippen LogP contribution in [0.5, 0.6) is 0 Å². The molecule has 2 saturated carbocycles. The van der Waals surface area contributed by atoms with Crippen LogP contribution in [0.25, 0.3) is 5.69 Å². The number of carbonyl (C=O) groups excluding carboxylic acids is 3. The van der Waals surface area contributed by atoms with Gasteiger partial charge in [0.05, 0.1) is 44.4 Å². The number of hydrogen-bond acceptors (Lipinski definition) is 8. The van der Waals surface area contributed by atoms with Gasteiger partial charge in [0.25, 0.3) is 5.91 Å². The van der Waals surface area contributed by atoms with Gasteiger partial charge in [0.1, 0.15) is 0 Å². The number of carbonyl (C=O) groups is 3. The van der Waals surface area contributed by atoms with Crippen LogP contribution in [0.3, 0.4) is 0 Å². The van der Waals surface area contributed by atoms with Crippen molar-refractivity contribution in [3.05, 3.63) is 47.3 Å². The molecule has 5 atom stereocenters. The third-order valence-corrected chi connectivity index (χ3v) is 10.7. The van der Waals surface area contributed by atoms with Gasteiger partial charge in [-0.15, -0.1) is 11.8 Å². The molecule has 4 aliphatic rings. The Balaban J connectivity index is 0.757. The highest BCUT2D eigenvalue weighted by molar-refractivity contribution is 5.94. The van der Waals surface area contributed by atoms with E-state index in [2.05, 4.69) is 28.7 Å². The summed E-state index contributed by atoms with van der Waals surface area (Å²) < 4.78 is 24.1. The van der Waals surface area contributed by atoms with Crippen molar-refractivity contribution in [2.45, 2.75) is 64.2 Å². The fourth-order valence-corrected chi connectivity index (χ4v) is 7.79. The maximum Gasteiger partial charge on any atom is 0.407 e. The fourth-order valence-electron chi connectivity index (χ4n) is 7.79. The molecule has 2 aromatic rings. The Labute approximate surface area is 289 Å². The molecule has 5 unspecified atom stereocenters. The van der Waals surface area contributed by atoms with E-state index in [4.69, 9.17) is 24.0 Å². The number of amides is 2. The van der Waals surface area contributed by atoms with Crippen LogP contribution in [-0.4, -0.2) is 81.0 Å². The van der Waals surface area contributed by atoms with Crippen LogP contribution in [0.15, 0.2) is 30.5 Å². The lowest BCUT2D eigenvalue weighted by atomic mass is 9.99. The monoisotopic (exact) mass is 674 g/mol. The molecule has 0 aliphatic heterocycles. The number of nitrogens with zero attached hydrogens (tertiary/aromatic N) is 2. The van der Waals surface area contributed by atoms with Gasteiger partial charge in [-0.2, -0.15) is 5.10 Å². The largest absolute Gasteiger partial charge is 0.465 e. The second kappa shape index (κ2) is 17.2. The highest BCUT2D eigenvalue weighted by Gasteiger charge is 2.50. The Morgan fingerprint density at radius 1 is 0.837 bits per heavy atom. The first kappa shape index (κ1) is 35.0. The molecule has 1 aromatic heterocycles. The topological polar surface area (TPSA) is 130 Å². The highest BCUT2D eigenvalue weighted by atomic mass is 16.6. The van der Waals surface area contributed by atoms with Gasteiger partial charge in [0.15, 0.2) is 0 Å². The maximum atomic E-state index is 12.4. The number of aryl methyl sites for hydroxylation is 2. The van der Waals surface area contributed by atoms with Crippen LogP contribution in [0.4, 0.5) is 4.79 Å². The van der Waals surface area contributed by atoms with Gasteiger partial charge in [-0.3, -0.25) is 9.59 Å². The number of rotatable bonds is 16. The predicted molar refractivity (Wildman–Crippen MR) is 182 cm³/mol. The van der Waals surface area contributed by atoms with Crippen LogP contribution in [0.2, 0.25) is 0 Å². The minimum Gasteiger partial charge on any atom is -0.465 e. The average Bonchev–Trinajstić information content (AvgIpc) is 3.90. The lowest BCUT2D eigenvalue weighted by molar-refractivity contribution is -0.144. The normalized spacial score (nSPS) is 24.9. The van der Waals surface area contributed by atoms with E-state index in [0.29, 0.717) is 100 Å². The van der Waals surface area contributed by atoms with Crippen LogP contribution in [0, 0.1) is 47.3 Å². The molecule has 264 valence electrons. The molecule has 1 aromatic carbocycles. The van der Waals surface area contributed by atoms with Crippen molar-refractivity contribution in [2.75, 3.05) is 53.2 Å². The summed E-state index contributed by atoms with van der Waals surface area (Å²) in [6.45, 7) is 3.09. The Morgan fingerprint density at radius 2 is 1.49 bits per heavy atom. The third-order valence-electron chi connectivity index (χ3n) is 10.7. The molecule has 49 heavy (non-hydrogen) atoms. The number of hydrogen-bond donors (Lipinski definition) is 2. The Bertz CT molecular complexity index is 1450. The van der Waals surface area contributed by atoms with E-state index in [1.807, 2.05) is 28.9 Å². The SMILES string of the molecule is CNC(=O)c1ccc(-n2cc3c(n2)CCC2C(CC3)C2COC(=O)CCCOCCOCCNC(=O)OCC2C3CCC#CCCC32)cc1. The average molecular weight is 675 g/mol. The maximum absolute atomic E-state index is 12.4. The Kier molecular flexibility index (Phi) is 12.3. The van der Waals surface area contributed by atoms with Gasteiger partial charge in [-0.25, -0.2) is 9.48 Å². The molecular weight excluding hydrogens is 624 g/mol. The quantitative estimate of drug-likeness (QED) is 0.151. The Morgan fingerprint density at radius 3 is 2.20 bits per heavy atom. The molecular formula is C38H50N4O7. The van der Waals surface area contributed by atoms with Gasteiger partial charge in [-0.1, -0.05) is 0 Å². The van der Waals surface area contributed by atoms with Crippen molar-refractivity contribution >= 4 is 18.0 Å². The lowest BCUT2D eigenvalue weighted by Crippen LogP contribution is -2.29. The number of benzene rings is 1. The van der Waals surface area contributed by atoms with Crippen molar-refractivity contribution < 1.29 is 33.3 Å². The molecule has 6 rings (SSSR count). The third kappa shape index (κ3) is 9.64. The molecule has 1 heterocycles. The van der Waals surface area contributed by atoms with Gasteiger partial charge in [-0.05, 0) is 110 Å². The van der Waals surface area contributed by atoms with E-state index in [0.717, 1.165) is 62.7 Å². The predicted octanol–water partition coefficient (Wildman–Crippen LogP) is 4.50. The first-order valence-electron chi connectivity index (χ1n) is 18.1. The van der Waals surface area contributed by atoms with Gasteiger partial charge in [0.2, 0.25) is 0 Å². The number of ether oxygens (including phenoxy) is 4. The first-order chi connectivity index (χ1) is 24.0. The molecule has 0 bridgehead atoms. The summed E-state index contributed by atoms with van der Waals surface area (Å²) in [6.07, 6.45) is 10.9. The second-order valence-electron chi connectivity index (χ2n) is 13.7. The van der Waals surface area contributed by atoms with Crippen LogP contribution >= 0.6 is 0 Å². The summed E-state index contributed by atoms with van der Waals surface area (Å²) >= 11 is 0. The lowest BCUT2D eigenvalue weighted by Gasteiger charge is -2.08. The number of aromatic nitrogens is 2. The van der Waals surface area contributed by atoms with Crippen molar-refractivity contribution in [1.82, 2.24) is 20.4 Å². The molecule has 0 spiro atoms. The van der Waals surface area contributed by atoms with E-state index in [9.17, 15) is 14.4 Å². The number of fused-ring (bicyclic) bond motifs is 3. The molecule has 0 radical (unpaired) electrons. The standard InChI is InChI=1S/C38H50N4O7/c1-39-37(44)26-10-13-28(14-11-26)42-23-27-12-15-31-32(16-17-35(27)41-42)33(31)24-48-36(43)9-6-19-46-21-22-47-20-18-40-38(45)49-25-34-29-7-4-2-3-5-8-30(29)34/h10-11,13-14,23,29-34H,4-9,12,15-22,24-25H2,1H3,(H,39,44)(H,40,45). The second-order valence-corrected chi connectivity index (χ2v) is 13.7. The minimum atomic E-state index is -0.389. The molecule has 2 fully saturated rings. The summed E-state index contributed by atoms with van der Waals surface area (Å²) in [5.74, 6) is 9.57. The number of nitrogens with one attached hydrogen (secondary N) is 2. The fraction of sp³-hybridized carbons (Fsp3) is 0.632. The van der Waals surface area contributed by atoms with Gasteiger partial charge >= 0.3 is 12.1 Å². The summed E-state index contributed by atoms with van der Waals surface area (Å²) in [6, 6.07) is 7.49. The van der Waals surface area contributed by atoms with E-state index in [1.54, 1.807) is 7.05 Å². The number of esters is 1. The zero-order chi connectivity index (χ0) is 34.0.